The number of aromatic nitrogens is 1. The summed E-state index contributed by atoms with van der Waals surface area (Å²) < 4.78 is 36.0. The standard InChI is InChI=1S/C22H24N2O3S3Te/c1-15(13-20-23(3)22-19(29-20)10-9-16(2)31-22)14-21-24(11-6-12-30(25,26)27)17-7-4-5-8-18(17)28-21/h4-5,7-10,13-14,16H,6,11-12H2,1-3H3/p+1. The number of nitrogens with zero attached hydrogens (tertiary/aromatic N) is 2. The minimum atomic E-state index is -3.95. The number of hydrogen-bond donors (Lipinski definition) is 1. The second kappa shape index (κ2) is 9.42. The molecule has 0 saturated heterocycles. The molecule has 0 fully saturated rings. The van der Waals surface area contributed by atoms with Crippen molar-refractivity contribution in [3.05, 3.63) is 56.9 Å². The van der Waals surface area contributed by atoms with Crippen LogP contribution in [0.15, 0.2) is 51.9 Å². The van der Waals surface area contributed by atoms with Crippen LogP contribution in [0.4, 0.5) is 5.69 Å². The van der Waals surface area contributed by atoms with E-state index < -0.39 is 10.1 Å². The third-order valence-electron chi connectivity index (χ3n) is 5.00. The molecule has 5 nitrogen and oxygen atoms in total. The van der Waals surface area contributed by atoms with Gasteiger partial charge < -0.3 is 0 Å². The molecule has 3 heterocycles. The molecule has 9 heteroatoms. The first kappa shape index (κ1) is 23.1. The zero-order valence-corrected chi connectivity index (χ0v) is 22.4. The Labute approximate surface area is 202 Å². The Bertz CT molecular complexity index is 1200. The van der Waals surface area contributed by atoms with Crippen molar-refractivity contribution in [3.8, 4) is 0 Å². The van der Waals surface area contributed by atoms with Gasteiger partial charge in [-0.05, 0) is 0 Å². The maximum atomic E-state index is 11.2. The fourth-order valence-corrected chi connectivity index (χ4v) is 9.86. The number of thioether (sulfide) groups is 1. The Morgan fingerprint density at radius 3 is 2.90 bits per heavy atom. The van der Waals surface area contributed by atoms with Gasteiger partial charge in [-0.15, -0.1) is 0 Å². The molecule has 0 saturated carbocycles. The normalized spacial score (nSPS) is 19.7. The fraction of sp³-hybridized carbons (Fsp3) is 0.318. The van der Waals surface area contributed by atoms with Crippen molar-refractivity contribution in [1.82, 2.24) is 0 Å². The van der Waals surface area contributed by atoms with Crippen LogP contribution in [0.25, 0.3) is 12.2 Å². The first-order chi connectivity index (χ1) is 14.7. The van der Waals surface area contributed by atoms with E-state index in [1.165, 1.54) is 13.6 Å². The van der Waals surface area contributed by atoms with Gasteiger partial charge in [0.25, 0.3) is 0 Å². The van der Waals surface area contributed by atoms with Crippen LogP contribution in [-0.2, 0) is 17.2 Å². The topological polar surface area (TPSA) is 61.5 Å². The van der Waals surface area contributed by atoms with Crippen LogP contribution < -0.4 is 13.2 Å². The van der Waals surface area contributed by atoms with E-state index in [-0.39, 0.29) is 26.7 Å². The van der Waals surface area contributed by atoms with E-state index in [1.807, 2.05) is 23.5 Å². The number of thiazole rings is 1. The fourth-order valence-electron chi connectivity index (χ4n) is 3.52. The number of rotatable bonds is 6. The van der Waals surface area contributed by atoms with Gasteiger partial charge in [0.1, 0.15) is 0 Å². The zero-order chi connectivity index (χ0) is 22.2. The van der Waals surface area contributed by atoms with E-state index >= 15 is 0 Å². The van der Waals surface area contributed by atoms with E-state index in [0.717, 1.165) is 21.2 Å². The number of hydrogen-bond acceptors (Lipinski definition) is 5. The number of benzene rings is 1. The van der Waals surface area contributed by atoms with Crippen LogP contribution in [0.3, 0.4) is 0 Å². The van der Waals surface area contributed by atoms with E-state index in [9.17, 15) is 8.42 Å². The molecule has 1 aromatic carbocycles. The van der Waals surface area contributed by atoms with Gasteiger partial charge in [0.15, 0.2) is 0 Å². The van der Waals surface area contributed by atoms with Gasteiger partial charge in [-0.1, -0.05) is 0 Å². The number of para-hydroxylation sites is 1. The molecule has 2 aromatic rings. The summed E-state index contributed by atoms with van der Waals surface area (Å²) in [7, 11) is -1.79. The predicted octanol–water partition coefficient (Wildman–Crippen LogP) is 3.87. The summed E-state index contributed by atoms with van der Waals surface area (Å²) in [4.78, 5) is 4.71. The van der Waals surface area contributed by atoms with Crippen LogP contribution >= 0.6 is 23.1 Å². The smallest absolute Gasteiger partial charge is 0.286 e. The predicted molar refractivity (Wildman–Crippen MR) is 132 cm³/mol. The van der Waals surface area contributed by atoms with Crippen LogP contribution in [0, 0.1) is 0 Å². The minimum Gasteiger partial charge on any atom is -0.286 e. The molecule has 1 N–H and O–H groups in total. The Balaban J connectivity index is 1.60. The molecular weight excluding hydrogens is 564 g/mol. The summed E-state index contributed by atoms with van der Waals surface area (Å²) in [5.74, 6) is -0.232. The third-order valence-corrected chi connectivity index (χ3v) is 12.0. The zero-order valence-electron chi connectivity index (χ0n) is 17.6. The van der Waals surface area contributed by atoms with Gasteiger partial charge in [-0.3, -0.25) is 4.55 Å². The SMILES string of the molecule is CC(=Cc1sc2c([n+]1C)[Te]C(C)C=C2)C=C1Sc2ccccc2N1CCCS(=O)(=O)O. The molecule has 1 aromatic heterocycles. The molecule has 1 unspecified atom stereocenters. The molecular formula is C22H25N2O3S3Te+. The van der Waals surface area contributed by atoms with Gasteiger partial charge in [0.05, 0.1) is 0 Å². The van der Waals surface area contributed by atoms with Crippen molar-refractivity contribution >= 4 is 75.7 Å². The molecule has 0 bridgehead atoms. The van der Waals surface area contributed by atoms with Crippen molar-refractivity contribution in [2.24, 2.45) is 7.05 Å². The third kappa shape index (κ3) is 5.47. The number of anilines is 1. The van der Waals surface area contributed by atoms with Crippen molar-refractivity contribution in [2.75, 3.05) is 17.2 Å². The van der Waals surface area contributed by atoms with Gasteiger partial charge in [-0.2, -0.15) is 8.42 Å². The number of allylic oxidation sites excluding steroid dienone is 3. The van der Waals surface area contributed by atoms with Crippen LogP contribution in [0.2, 0.25) is 3.97 Å². The molecule has 2 aliphatic heterocycles. The maximum absolute atomic E-state index is 11.2. The summed E-state index contributed by atoms with van der Waals surface area (Å²) in [5, 5.41) is 2.33. The summed E-state index contributed by atoms with van der Waals surface area (Å²) in [6.45, 7) is 4.95. The molecule has 0 radical (unpaired) electrons. The second-order valence-electron chi connectivity index (χ2n) is 7.58. The average molecular weight is 589 g/mol. The molecule has 0 spiro atoms. The van der Waals surface area contributed by atoms with Gasteiger partial charge >= 0.3 is 191 Å². The summed E-state index contributed by atoms with van der Waals surface area (Å²) in [6.07, 6.45) is 9.38. The van der Waals surface area contributed by atoms with E-state index in [1.54, 1.807) is 11.8 Å². The van der Waals surface area contributed by atoms with Crippen molar-refractivity contribution < 1.29 is 17.5 Å². The Morgan fingerprint density at radius 1 is 1.35 bits per heavy atom. The van der Waals surface area contributed by atoms with Gasteiger partial charge in [0, 0.05) is 0 Å². The van der Waals surface area contributed by atoms with Crippen molar-refractivity contribution in [3.63, 3.8) is 0 Å². The molecule has 4 rings (SSSR count). The monoisotopic (exact) mass is 591 g/mol. The summed E-state index contributed by atoms with van der Waals surface area (Å²) >= 11 is 3.34. The summed E-state index contributed by atoms with van der Waals surface area (Å²) in [5.41, 5.74) is 2.24. The average Bonchev–Trinajstić information content (AvgIpc) is 3.19. The molecule has 31 heavy (non-hydrogen) atoms. The molecule has 0 aliphatic carbocycles. The van der Waals surface area contributed by atoms with Crippen LogP contribution in [-0.4, -0.2) is 46.2 Å². The van der Waals surface area contributed by atoms with Gasteiger partial charge in [0.2, 0.25) is 0 Å². The van der Waals surface area contributed by atoms with Crippen LogP contribution in [0.1, 0.15) is 30.2 Å². The van der Waals surface area contributed by atoms with Crippen molar-refractivity contribution in [1.29, 1.82) is 0 Å². The minimum absolute atomic E-state index is 0.200. The van der Waals surface area contributed by atoms with Crippen molar-refractivity contribution in [2.45, 2.75) is 29.1 Å². The second-order valence-corrected chi connectivity index (χ2v) is 15.2. The first-order valence-electron chi connectivity index (χ1n) is 9.98. The van der Waals surface area contributed by atoms with E-state index in [2.05, 4.69) is 66.8 Å². The Kier molecular flexibility index (Phi) is 7.02. The first-order valence-corrected chi connectivity index (χ1v) is 15.7. The Morgan fingerprint density at radius 2 is 2.13 bits per heavy atom. The number of fused-ring (bicyclic) bond motifs is 2. The molecule has 164 valence electrons. The molecule has 0 amide bonds. The van der Waals surface area contributed by atoms with E-state index in [0.29, 0.717) is 16.9 Å². The molecule has 1 atom stereocenters. The Hall–Kier alpha value is -1.08. The van der Waals surface area contributed by atoms with Crippen LogP contribution in [0.5, 0.6) is 0 Å². The van der Waals surface area contributed by atoms with Gasteiger partial charge in [-0.25, -0.2) is 0 Å². The quantitative estimate of drug-likeness (QED) is 0.315. The summed E-state index contributed by atoms with van der Waals surface area (Å²) in [6, 6.07) is 8.15. The molecule has 2 aliphatic rings. The van der Waals surface area contributed by atoms with E-state index in [4.69, 9.17) is 4.55 Å².